The van der Waals surface area contributed by atoms with Gasteiger partial charge in [0.25, 0.3) is 0 Å². The molecule has 0 saturated heterocycles. The fourth-order valence-corrected chi connectivity index (χ4v) is 3.25. The van der Waals surface area contributed by atoms with E-state index in [0.717, 1.165) is 22.3 Å². The van der Waals surface area contributed by atoms with Crippen molar-refractivity contribution in [1.29, 1.82) is 0 Å². The van der Waals surface area contributed by atoms with Gasteiger partial charge in [-0.1, -0.05) is 60.7 Å². The van der Waals surface area contributed by atoms with Crippen molar-refractivity contribution in [1.82, 2.24) is 9.55 Å². The Morgan fingerprint density at radius 3 is 2.27 bits per heavy atom. The van der Waals surface area contributed by atoms with E-state index in [2.05, 4.69) is 4.98 Å². The fraction of sp³-hybridized carbons (Fsp3) is 0.250. The van der Waals surface area contributed by atoms with Crippen LogP contribution in [0.1, 0.15) is 29.4 Å². The van der Waals surface area contributed by atoms with E-state index in [1.54, 1.807) is 17.0 Å². The number of hydrogen-bond donors (Lipinski definition) is 3. The number of ketones is 1. The van der Waals surface area contributed by atoms with Gasteiger partial charge in [0.1, 0.15) is 19.0 Å². The molecule has 1 aromatic heterocycles. The lowest BCUT2D eigenvalue weighted by Gasteiger charge is -2.14. The summed E-state index contributed by atoms with van der Waals surface area (Å²) in [4.78, 5) is 15.3. The second-order valence-corrected chi connectivity index (χ2v) is 7.03. The number of Topliss-reactive ketones (excluding diaryl/α,β-unsaturated/α-hetero) is 1. The van der Waals surface area contributed by atoms with Gasteiger partial charge in [-0.05, 0) is 28.7 Å². The molecule has 0 aliphatic rings. The SMILES string of the molecule is O=C(CO)CCc1ccc(-c2ccc(/C=C/C(CO)n3ccnc3CO)cc2)cc1. The smallest absolute Gasteiger partial charge is 0.158 e. The number of carbonyl (C=O) groups excluding carboxylic acids is 1. The highest BCUT2D eigenvalue weighted by atomic mass is 16.3. The first-order valence-electron chi connectivity index (χ1n) is 9.88. The summed E-state index contributed by atoms with van der Waals surface area (Å²) < 4.78 is 1.75. The fourth-order valence-electron chi connectivity index (χ4n) is 3.25. The van der Waals surface area contributed by atoms with E-state index in [4.69, 9.17) is 5.11 Å². The summed E-state index contributed by atoms with van der Waals surface area (Å²) in [5, 5.41) is 27.8. The van der Waals surface area contributed by atoms with Crippen LogP contribution in [0.15, 0.2) is 67.0 Å². The van der Waals surface area contributed by atoms with Crippen LogP contribution in [0, 0.1) is 0 Å². The molecule has 1 atom stereocenters. The van der Waals surface area contributed by atoms with Crippen LogP contribution < -0.4 is 0 Å². The van der Waals surface area contributed by atoms with Crippen molar-refractivity contribution in [2.45, 2.75) is 25.5 Å². The Balaban J connectivity index is 1.65. The number of benzene rings is 2. The molecule has 0 bridgehead atoms. The molecule has 0 radical (unpaired) electrons. The molecule has 0 amide bonds. The lowest BCUT2D eigenvalue weighted by atomic mass is 10.0. The molecule has 156 valence electrons. The van der Waals surface area contributed by atoms with Crippen molar-refractivity contribution in [2.75, 3.05) is 13.2 Å². The van der Waals surface area contributed by atoms with Gasteiger partial charge in [0.2, 0.25) is 0 Å². The molecule has 3 aromatic rings. The molecule has 0 aliphatic carbocycles. The number of aromatic nitrogens is 2. The zero-order valence-corrected chi connectivity index (χ0v) is 16.7. The first-order chi connectivity index (χ1) is 14.6. The highest BCUT2D eigenvalue weighted by Crippen LogP contribution is 2.22. The van der Waals surface area contributed by atoms with E-state index < -0.39 is 6.61 Å². The number of carbonyl (C=O) groups is 1. The summed E-state index contributed by atoms with van der Waals surface area (Å²) in [5.74, 6) is 0.366. The molecule has 1 heterocycles. The lowest BCUT2D eigenvalue weighted by Crippen LogP contribution is -2.13. The number of aliphatic hydroxyl groups is 3. The van der Waals surface area contributed by atoms with Crippen LogP contribution in [0.5, 0.6) is 0 Å². The molecule has 2 aromatic carbocycles. The van der Waals surface area contributed by atoms with Gasteiger partial charge < -0.3 is 19.9 Å². The van der Waals surface area contributed by atoms with Gasteiger partial charge >= 0.3 is 0 Å². The molecular formula is C24H26N2O4. The molecular weight excluding hydrogens is 380 g/mol. The third-order valence-electron chi connectivity index (χ3n) is 5.01. The van der Waals surface area contributed by atoms with E-state index in [-0.39, 0.29) is 25.0 Å². The zero-order valence-electron chi connectivity index (χ0n) is 16.7. The summed E-state index contributed by atoms with van der Waals surface area (Å²) >= 11 is 0. The predicted octanol–water partition coefficient (Wildman–Crippen LogP) is 2.78. The Labute approximate surface area is 175 Å². The van der Waals surface area contributed by atoms with Gasteiger partial charge in [-0.2, -0.15) is 0 Å². The van der Waals surface area contributed by atoms with E-state index >= 15 is 0 Å². The monoisotopic (exact) mass is 406 g/mol. The van der Waals surface area contributed by atoms with Gasteiger partial charge in [-0.15, -0.1) is 0 Å². The molecule has 0 spiro atoms. The van der Waals surface area contributed by atoms with Gasteiger partial charge in [0.15, 0.2) is 5.78 Å². The third-order valence-corrected chi connectivity index (χ3v) is 5.01. The maximum Gasteiger partial charge on any atom is 0.158 e. The van der Waals surface area contributed by atoms with Crippen molar-refractivity contribution in [3.05, 3.63) is 84.0 Å². The summed E-state index contributed by atoms with van der Waals surface area (Å²) in [7, 11) is 0. The van der Waals surface area contributed by atoms with Crippen LogP contribution in [-0.4, -0.2) is 43.9 Å². The van der Waals surface area contributed by atoms with Gasteiger partial charge in [-0.25, -0.2) is 4.98 Å². The van der Waals surface area contributed by atoms with Crippen molar-refractivity contribution < 1.29 is 20.1 Å². The lowest BCUT2D eigenvalue weighted by molar-refractivity contribution is -0.121. The quantitative estimate of drug-likeness (QED) is 0.481. The van der Waals surface area contributed by atoms with E-state index in [1.807, 2.05) is 60.7 Å². The second kappa shape index (κ2) is 10.6. The van der Waals surface area contributed by atoms with Crippen molar-refractivity contribution in [3.8, 4) is 11.1 Å². The van der Waals surface area contributed by atoms with Crippen LogP contribution in [0.3, 0.4) is 0 Å². The second-order valence-electron chi connectivity index (χ2n) is 7.03. The average molecular weight is 406 g/mol. The first-order valence-corrected chi connectivity index (χ1v) is 9.88. The third kappa shape index (κ3) is 5.51. The topological polar surface area (TPSA) is 95.6 Å². The van der Waals surface area contributed by atoms with Gasteiger partial charge in [-0.3, -0.25) is 4.79 Å². The van der Waals surface area contributed by atoms with Crippen LogP contribution in [0.25, 0.3) is 17.2 Å². The minimum atomic E-state index is -0.400. The Morgan fingerprint density at radius 1 is 1.00 bits per heavy atom. The molecule has 30 heavy (non-hydrogen) atoms. The maximum atomic E-state index is 11.2. The van der Waals surface area contributed by atoms with Crippen LogP contribution in [0.2, 0.25) is 0 Å². The van der Waals surface area contributed by atoms with Crippen LogP contribution >= 0.6 is 0 Å². The Kier molecular flexibility index (Phi) is 7.68. The number of aryl methyl sites for hydroxylation is 1. The van der Waals surface area contributed by atoms with Crippen LogP contribution in [0.4, 0.5) is 0 Å². The number of rotatable bonds is 10. The van der Waals surface area contributed by atoms with Crippen molar-refractivity contribution in [3.63, 3.8) is 0 Å². The highest BCUT2D eigenvalue weighted by Gasteiger charge is 2.10. The standard InChI is InChI=1S/C24H26N2O4/c27-15-22(26-14-13-25-24(26)17-29)11-5-18-1-7-20(8-2-18)21-9-3-19(4-10-21)6-12-23(30)16-28/h1-5,7-11,13-14,22,27-29H,6,12,15-17H2/b11-5+. The predicted molar refractivity (Wildman–Crippen MR) is 116 cm³/mol. The minimum Gasteiger partial charge on any atom is -0.394 e. The van der Waals surface area contributed by atoms with Crippen molar-refractivity contribution >= 4 is 11.9 Å². The number of aliphatic hydroxyl groups excluding tert-OH is 3. The van der Waals surface area contributed by atoms with E-state index in [1.165, 1.54) is 0 Å². The number of imidazole rings is 1. The minimum absolute atomic E-state index is 0.0891. The molecule has 6 nitrogen and oxygen atoms in total. The summed E-state index contributed by atoms with van der Waals surface area (Å²) in [5.41, 5.74) is 4.24. The summed E-state index contributed by atoms with van der Waals surface area (Å²) in [6.45, 7) is -0.667. The van der Waals surface area contributed by atoms with E-state index in [0.29, 0.717) is 18.7 Å². The molecule has 1 unspecified atom stereocenters. The number of hydrogen-bond acceptors (Lipinski definition) is 5. The Morgan fingerprint density at radius 2 is 1.67 bits per heavy atom. The zero-order chi connectivity index (χ0) is 21.3. The van der Waals surface area contributed by atoms with Crippen LogP contribution in [-0.2, 0) is 17.8 Å². The average Bonchev–Trinajstić information content (AvgIpc) is 3.27. The maximum absolute atomic E-state index is 11.2. The molecule has 3 N–H and O–H groups in total. The molecule has 0 saturated carbocycles. The van der Waals surface area contributed by atoms with E-state index in [9.17, 15) is 15.0 Å². The largest absolute Gasteiger partial charge is 0.394 e. The normalized spacial score (nSPS) is 12.4. The Hall–Kier alpha value is -3.06. The molecule has 3 rings (SSSR count). The molecule has 0 fully saturated rings. The van der Waals surface area contributed by atoms with Crippen molar-refractivity contribution in [2.24, 2.45) is 0 Å². The van der Waals surface area contributed by atoms with Gasteiger partial charge in [0, 0.05) is 18.8 Å². The first kappa shape index (κ1) is 21.6. The number of nitrogens with zero attached hydrogens (tertiary/aromatic N) is 2. The molecule has 6 heteroatoms. The summed E-state index contributed by atoms with van der Waals surface area (Å²) in [6, 6.07) is 15.9. The Bertz CT molecular complexity index is 975. The highest BCUT2D eigenvalue weighted by molar-refractivity contribution is 5.79. The molecule has 0 aliphatic heterocycles. The van der Waals surface area contributed by atoms with Gasteiger partial charge in [0.05, 0.1) is 12.6 Å². The summed E-state index contributed by atoms with van der Waals surface area (Å²) in [6.07, 6.45) is 8.15.